The Morgan fingerprint density at radius 3 is 2.67 bits per heavy atom. The number of hydrogen-bond acceptors (Lipinski definition) is 5. The summed E-state index contributed by atoms with van der Waals surface area (Å²) in [7, 11) is 0. The molecule has 5 nitrogen and oxygen atoms in total. The minimum atomic E-state index is -0.358. The number of rotatable bonds is 1. The number of hydrogen-bond donors (Lipinski definition) is 0. The van der Waals surface area contributed by atoms with E-state index in [1.165, 1.54) is 0 Å². The fraction of sp³-hybridized carbons (Fsp3) is 0.538. The van der Waals surface area contributed by atoms with Crippen molar-refractivity contribution in [2.75, 3.05) is 31.2 Å². The lowest BCUT2D eigenvalue weighted by Gasteiger charge is -2.38. The molecule has 94 valence electrons. The Morgan fingerprint density at radius 2 is 2.00 bits per heavy atom. The van der Waals surface area contributed by atoms with Crippen LogP contribution in [-0.4, -0.2) is 37.1 Å². The molecular weight excluding hydrogens is 230 g/mol. The van der Waals surface area contributed by atoms with Gasteiger partial charge in [-0.3, -0.25) is 0 Å². The summed E-state index contributed by atoms with van der Waals surface area (Å²) < 4.78 is 11.4. The molecule has 2 fully saturated rings. The highest BCUT2D eigenvalue weighted by Crippen LogP contribution is 2.32. The van der Waals surface area contributed by atoms with E-state index in [1.54, 1.807) is 12.3 Å². The first-order valence-electron chi connectivity index (χ1n) is 6.20. The normalized spacial score (nSPS) is 22.1. The van der Waals surface area contributed by atoms with Gasteiger partial charge in [-0.2, -0.15) is 5.26 Å². The molecule has 0 aliphatic carbocycles. The third-order valence-electron chi connectivity index (χ3n) is 3.54. The minimum absolute atomic E-state index is 0.358. The molecule has 1 aromatic rings. The van der Waals surface area contributed by atoms with Crippen LogP contribution >= 0.6 is 0 Å². The first-order valence-corrected chi connectivity index (χ1v) is 6.20. The van der Waals surface area contributed by atoms with Crippen molar-refractivity contribution < 1.29 is 9.47 Å². The first-order chi connectivity index (χ1) is 8.81. The molecule has 1 aromatic heterocycles. The largest absolute Gasteiger partial charge is 0.356 e. The average Bonchev–Trinajstić information content (AvgIpc) is 2.88. The van der Waals surface area contributed by atoms with Crippen molar-refractivity contribution in [3.63, 3.8) is 0 Å². The van der Waals surface area contributed by atoms with E-state index in [0.29, 0.717) is 18.8 Å². The van der Waals surface area contributed by atoms with E-state index in [-0.39, 0.29) is 5.79 Å². The van der Waals surface area contributed by atoms with Gasteiger partial charge in [-0.05, 0) is 12.1 Å². The summed E-state index contributed by atoms with van der Waals surface area (Å²) in [4.78, 5) is 6.50. The third kappa shape index (κ3) is 2.05. The maximum absolute atomic E-state index is 8.89. The number of piperidine rings is 1. The Balaban J connectivity index is 1.70. The van der Waals surface area contributed by atoms with E-state index in [9.17, 15) is 0 Å². The van der Waals surface area contributed by atoms with E-state index in [0.717, 1.165) is 31.7 Å². The summed E-state index contributed by atoms with van der Waals surface area (Å²) in [5, 5.41) is 8.89. The lowest BCUT2D eigenvalue weighted by atomic mass is 10.0. The zero-order chi connectivity index (χ0) is 12.4. The summed E-state index contributed by atoms with van der Waals surface area (Å²) >= 11 is 0. The second kappa shape index (κ2) is 4.56. The van der Waals surface area contributed by atoms with Gasteiger partial charge >= 0.3 is 0 Å². The molecule has 0 unspecified atom stereocenters. The summed E-state index contributed by atoms with van der Waals surface area (Å²) in [5.41, 5.74) is 0.647. The monoisotopic (exact) mass is 245 g/mol. The average molecular weight is 245 g/mol. The highest BCUT2D eigenvalue weighted by atomic mass is 16.7. The Labute approximate surface area is 106 Å². The number of nitrogens with zero attached hydrogens (tertiary/aromatic N) is 3. The van der Waals surface area contributed by atoms with Crippen LogP contribution in [0.1, 0.15) is 18.4 Å². The maximum atomic E-state index is 8.89. The molecule has 0 atom stereocenters. The number of ether oxygens (including phenoxy) is 2. The Bertz CT molecular complexity index is 467. The summed E-state index contributed by atoms with van der Waals surface area (Å²) in [6.45, 7) is 3.09. The highest BCUT2D eigenvalue weighted by molar-refractivity contribution is 5.45. The molecule has 0 radical (unpaired) electrons. The fourth-order valence-corrected chi connectivity index (χ4v) is 2.52. The molecule has 3 rings (SSSR count). The second-order valence-electron chi connectivity index (χ2n) is 4.61. The second-order valence-corrected chi connectivity index (χ2v) is 4.61. The van der Waals surface area contributed by atoms with Gasteiger partial charge in [0.05, 0.1) is 24.8 Å². The van der Waals surface area contributed by atoms with Gasteiger partial charge in [-0.25, -0.2) is 4.98 Å². The molecule has 2 aliphatic rings. The van der Waals surface area contributed by atoms with Crippen molar-refractivity contribution in [3.05, 3.63) is 23.9 Å². The van der Waals surface area contributed by atoms with Crippen LogP contribution in [-0.2, 0) is 9.47 Å². The lowest BCUT2D eigenvalue weighted by molar-refractivity contribution is -0.169. The Hall–Kier alpha value is -1.64. The zero-order valence-electron chi connectivity index (χ0n) is 10.1. The van der Waals surface area contributed by atoms with E-state index in [4.69, 9.17) is 14.7 Å². The minimum Gasteiger partial charge on any atom is -0.356 e. The predicted octanol–water partition coefficient (Wildman–Crippen LogP) is 1.30. The molecule has 3 heterocycles. The summed E-state index contributed by atoms with van der Waals surface area (Å²) in [5.74, 6) is 0.505. The molecule has 0 saturated carbocycles. The maximum Gasteiger partial charge on any atom is 0.171 e. The molecule has 0 bridgehead atoms. The van der Waals surface area contributed by atoms with Crippen molar-refractivity contribution in [2.45, 2.75) is 18.6 Å². The molecule has 0 amide bonds. The van der Waals surface area contributed by atoms with E-state index >= 15 is 0 Å². The van der Waals surface area contributed by atoms with Gasteiger partial charge in [-0.1, -0.05) is 0 Å². The van der Waals surface area contributed by atoms with Crippen LogP contribution in [0.3, 0.4) is 0 Å². The predicted molar refractivity (Wildman–Crippen MR) is 65.0 cm³/mol. The number of aromatic nitrogens is 1. The van der Waals surface area contributed by atoms with Crippen LogP contribution in [0.4, 0.5) is 5.82 Å². The van der Waals surface area contributed by atoms with Gasteiger partial charge in [0.1, 0.15) is 5.82 Å². The fourth-order valence-electron chi connectivity index (χ4n) is 2.52. The van der Waals surface area contributed by atoms with Crippen LogP contribution < -0.4 is 4.90 Å². The SMILES string of the molecule is N#Cc1ccnc(N2CCC3(CC2)OCCO3)c1. The Morgan fingerprint density at radius 1 is 1.28 bits per heavy atom. The van der Waals surface area contributed by atoms with Gasteiger partial charge in [-0.15, -0.1) is 0 Å². The van der Waals surface area contributed by atoms with Crippen molar-refractivity contribution >= 4 is 5.82 Å². The molecular formula is C13H15N3O2. The highest BCUT2D eigenvalue weighted by Gasteiger charge is 2.39. The molecule has 5 heteroatoms. The molecule has 2 saturated heterocycles. The number of nitriles is 1. The van der Waals surface area contributed by atoms with E-state index in [1.807, 2.05) is 6.07 Å². The first kappa shape index (κ1) is 11.5. The van der Waals surface area contributed by atoms with Crippen molar-refractivity contribution in [3.8, 4) is 6.07 Å². The van der Waals surface area contributed by atoms with Crippen LogP contribution in [0, 0.1) is 11.3 Å². The van der Waals surface area contributed by atoms with Crippen LogP contribution in [0.15, 0.2) is 18.3 Å². The Kier molecular flexibility index (Phi) is 2.90. The topological polar surface area (TPSA) is 58.4 Å². The van der Waals surface area contributed by atoms with Crippen LogP contribution in [0.2, 0.25) is 0 Å². The van der Waals surface area contributed by atoms with Crippen molar-refractivity contribution in [1.29, 1.82) is 5.26 Å². The standard InChI is InChI=1S/C13H15N3O2/c14-10-11-1-4-15-12(9-11)16-5-2-13(3-6-16)17-7-8-18-13/h1,4,9H,2-3,5-8H2. The zero-order valence-corrected chi connectivity index (χ0v) is 10.1. The van der Waals surface area contributed by atoms with Crippen molar-refractivity contribution in [2.24, 2.45) is 0 Å². The smallest absolute Gasteiger partial charge is 0.171 e. The lowest BCUT2D eigenvalue weighted by Crippen LogP contribution is -2.45. The molecule has 2 aliphatic heterocycles. The molecule has 0 N–H and O–H groups in total. The van der Waals surface area contributed by atoms with Gasteiger partial charge in [0.25, 0.3) is 0 Å². The van der Waals surface area contributed by atoms with Gasteiger partial charge in [0, 0.05) is 32.1 Å². The number of anilines is 1. The van der Waals surface area contributed by atoms with E-state index in [2.05, 4.69) is 16.0 Å². The molecule has 1 spiro atoms. The van der Waals surface area contributed by atoms with Crippen LogP contribution in [0.25, 0.3) is 0 Å². The van der Waals surface area contributed by atoms with Gasteiger partial charge < -0.3 is 14.4 Å². The summed E-state index contributed by atoms with van der Waals surface area (Å²) in [6.07, 6.45) is 3.39. The third-order valence-corrected chi connectivity index (χ3v) is 3.54. The van der Waals surface area contributed by atoms with Crippen molar-refractivity contribution in [1.82, 2.24) is 4.98 Å². The van der Waals surface area contributed by atoms with E-state index < -0.39 is 0 Å². The molecule has 0 aromatic carbocycles. The van der Waals surface area contributed by atoms with Gasteiger partial charge in [0.2, 0.25) is 0 Å². The number of pyridine rings is 1. The summed E-state index contributed by atoms with van der Waals surface area (Å²) in [6, 6.07) is 5.69. The van der Waals surface area contributed by atoms with Crippen LogP contribution in [0.5, 0.6) is 0 Å². The molecule has 18 heavy (non-hydrogen) atoms. The quantitative estimate of drug-likeness (QED) is 0.746. The van der Waals surface area contributed by atoms with Gasteiger partial charge in [0.15, 0.2) is 5.79 Å².